The van der Waals surface area contributed by atoms with E-state index in [1.807, 2.05) is 18.2 Å². The number of amides is 1. The van der Waals surface area contributed by atoms with Gasteiger partial charge in [-0.25, -0.2) is 9.18 Å². The standard InChI is InChI=1S/C22H18FNO5/c23-16-10-12-17(13-11-16)27-15-22(26)28-14-21(25)24-19-8-4-5-9-20(19)29-18-6-2-1-3-7-18/h1-13H,14-15H2,(H,24,25). The van der Waals surface area contributed by atoms with E-state index in [-0.39, 0.29) is 0 Å². The van der Waals surface area contributed by atoms with E-state index in [1.54, 1.807) is 36.4 Å². The summed E-state index contributed by atoms with van der Waals surface area (Å²) in [7, 11) is 0. The summed E-state index contributed by atoms with van der Waals surface area (Å²) in [6.45, 7) is -0.877. The highest BCUT2D eigenvalue weighted by Crippen LogP contribution is 2.28. The van der Waals surface area contributed by atoms with Crippen LogP contribution >= 0.6 is 0 Å². The molecule has 0 fully saturated rings. The van der Waals surface area contributed by atoms with Crippen molar-refractivity contribution in [3.63, 3.8) is 0 Å². The van der Waals surface area contributed by atoms with E-state index >= 15 is 0 Å². The van der Waals surface area contributed by atoms with Gasteiger partial charge in [0.1, 0.15) is 17.3 Å². The summed E-state index contributed by atoms with van der Waals surface area (Å²) < 4.78 is 28.6. The summed E-state index contributed by atoms with van der Waals surface area (Å²) in [6, 6.07) is 21.2. The van der Waals surface area contributed by atoms with Crippen molar-refractivity contribution in [1.82, 2.24) is 0 Å². The fourth-order valence-electron chi connectivity index (χ4n) is 2.32. The monoisotopic (exact) mass is 395 g/mol. The highest BCUT2D eigenvalue weighted by Gasteiger charge is 2.12. The molecule has 0 bridgehead atoms. The van der Waals surface area contributed by atoms with Crippen LogP contribution in [0.25, 0.3) is 0 Å². The Bertz CT molecular complexity index is 960. The van der Waals surface area contributed by atoms with Crippen molar-refractivity contribution in [1.29, 1.82) is 0 Å². The molecule has 6 nitrogen and oxygen atoms in total. The van der Waals surface area contributed by atoms with Crippen molar-refractivity contribution in [3.05, 3.63) is 84.7 Å². The summed E-state index contributed by atoms with van der Waals surface area (Å²) in [5.41, 5.74) is 0.444. The van der Waals surface area contributed by atoms with Crippen LogP contribution in [0.15, 0.2) is 78.9 Å². The van der Waals surface area contributed by atoms with Gasteiger partial charge >= 0.3 is 5.97 Å². The molecule has 3 rings (SSSR count). The lowest BCUT2D eigenvalue weighted by Gasteiger charge is -2.12. The Hall–Kier alpha value is -3.87. The maximum atomic E-state index is 12.8. The first kappa shape index (κ1) is 19.9. The zero-order valence-corrected chi connectivity index (χ0v) is 15.3. The Morgan fingerprint density at radius 1 is 0.793 bits per heavy atom. The number of ether oxygens (including phenoxy) is 3. The van der Waals surface area contributed by atoms with Crippen molar-refractivity contribution in [2.45, 2.75) is 0 Å². The molecule has 1 amide bonds. The molecule has 0 aliphatic carbocycles. The fraction of sp³-hybridized carbons (Fsp3) is 0.0909. The molecule has 7 heteroatoms. The second-order valence-electron chi connectivity index (χ2n) is 5.86. The first-order valence-corrected chi connectivity index (χ1v) is 8.76. The minimum Gasteiger partial charge on any atom is -0.482 e. The number of rotatable bonds is 8. The Labute approximate surface area is 166 Å². The van der Waals surface area contributed by atoms with E-state index in [1.165, 1.54) is 24.3 Å². The van der Waals surface area contributed by atoms with E-state index in [9.17, 15) is 14.0 Å². The number of para-hydroxylation sites is 3. The molecule has 1 N–H and O–H groups in total. The van der Waals surface area contributed by atoms with Crippen molar-refractivity contribution in [2.24, 2.45) is 0 Å². The highest BCUT2D eigenvalue weighted by molar-refractivity contribution is 5.94. The zero-order chi connectivity index (χ0) is 20.5. The van der Waals surface area contributed by atoms with Crippen molar-refractivity contribution in [2.75, 3.05) is 18.5 Å². The van der Waals surface area contributed by atoms with Gasteiger partial charge in [0, 0.05) is 0 Å². The van der Waals surface area contributed by atoms with E-state index in [4.69, 9.17) is 14.2 Å². The quantitative estimate of drug-likeness (QED) is 0.579. The third-order valence-electron chi connectivity index (χ3n) is 3.67. The summed E-state index contributed by atoms with van der Waals surface area (Å²) in [5, 5.41) is 2.64. The number of anilines is 1. The molecule has 3 aromatic carbocycles. The van der Waals surface area contributed by atoms with Crippen LogP contribution in [0.5, 0.6) is 17.2 Å². The molecule has 0 saturated carbocycles. The molecular weight excluding hydrogens is 377 g/mol. The predicted molar refractivity (Wildman–Crippen MR) is 104 cm³/mol. The highest BCUT2D eigenvalue weighted by atomic mass is 19.1. The average molecular weight is 395 g/mol. The van der Waals surface area contributed by atoms with Gasteiger partial charge in [-0.1, -0.05) is 30.3 Å². The van der Waals surface area contributed by atoms with Gasteiger partial charge in [-0.05, 0) is 48.5 Å². The van der Waals surface area contributed by atoms with Gasteiger partial charge in [0.25, 0.3) is 5.91 Å². The molecule has 0 heterocycles. The van der Waals surface area contributed by atoms with E-state index in [0.29, 0.717) is 22.9 Å². The van der Waals surface area contributed by atoms with Crippen molar-refractivity contribution < 1.29 is 28.2 Å². The molecule has 0 saturated heterocycles. The largest absolute Gasteiger partial charge is 0.482 e. The minimum atomic E-state index is -0.724. The minimum absolute atomic E-state index is 0.319. The summed E-state index contributed by atoms with van der Waals surface area (Å²) >= 11 is 0. The predicted octanol–water partition coefficient (Wildman–Crippen LogP) is 4.18. The lowest BCUT2D eigenvalue weighted by atomic mass is 10.3. The van der Waals surface area contributed by atoms with Gasteiger partial charge in [0.05, 0.1) is 5.69 Å². The van der Waals surface area contributed by atoms with Crippen LogP contribution in [-0.2, 0) is 14.3 Å². The Morgan fingerprint density at radius 2 is 1.48 bits per heavy atom. The number of carbonyl (C=O) groups is 2. The number of esters is 1. The average Bonchev–Trinajstić information content (AvgIpc) is 2.74. The second kappa shape index (κ2) is 9.89. The molecule has 0 spiro atoms. The topological polar surface area (TPSA) is 73.9 Å². The molecule has 0 aliphatic heterocycles. The van der Waals surface area contributed by atoms with Crippen molar-refractivity contribution in [3.8, 4) is 17.2 Å². The Kier molecular flexibility index (Phi) is 6.78. The van der Waals surface area contributed by atoms with Crippen molar-refractivity contribution >= 4 is 17.6 Å². The Morgan fingerprint density at radius 3 is 2.24 bits per heavy atom. The number of halogens is 1. The van der Waals surface area contributed by atoms with E-state index < -0.39 is 30.9 Å². The number of hydrogen-bond donors (Lipinski definition) is 1. The fourth-order valence-corrected chi connectivity index (χ4v) is 2.32. The molecule has 0 aromatic heterocycles. The smallest absolute Gasteiger partial charge is 0.344 e. The molecule has 0 radical (unpaired) electrons. The van der Waals surface area contributed by atoms with Crippen LogP contribution in [0, 0.1) is 5.82 Å². The normalized spacial score (nSPS) is 10.1. The van der Waals surface area contributed by atoms with Crippen LogP contribution in [0.1, 0.15) is 0 Å². The Balaban J connectivity index is 1.48. The summed E-state index contributed by atoms with van der Waals surface area (Å²) in [4.78, 5) is 23.8. The molecule has 29 heavy (non-hydrogen) atoms. The lowest BCUT2D eigenvalue weighted by molar-refractivity contribution is -0.149. The molecule has 3 aromatic rings. The molecule has 0 unspecified atom stereocenters. The van der Waals surface area contributed by atoms with E-state index in [0.717, 1.165) is 0 Å². The first-order valence-electron chi connectivity index (χ1n) is 8.76. The van der Waals surface area contributed by atoms with Gasteiger partial charge in [-0.3, -0.25) is 4.79 Å². The van der Waals surface area contributed by atoms with Crippen LogP contribution in [0.3, 0.4) is 0 Å². The second-order valence-corrected chi connectivity index (χ2v) is 5.86. The lowest BCUT2D eigenvalue weighted by Crippen LogP contribution is -2.23. The number of benzene rings is 3. The molecule has 0 atom stereocenters. The third kappa shape index (κ3) is 6.35. The maximum Gasteiger partial charge on any atom is 0.344 e. The number of nitrogens with one attached hydrogen (secondary N) is 1. The number of hydrogen-bond acceptors (Lipinski definition) is 5. The summed E-state index contributed by atoms with van der Waals surface area (Å²) in [5.74, 6) is -0.257. The third-order valence-corrected chi connectivity index (χ3v) is 3.67. The van der Waals surface area contributed by atoms with Crippen LogP contribution < -0.4 is 14.8 Å². The van der Waals surface area contributed by atoms with Crippen LogP contribution in [-0.4, -0.2) is 25.1 Å². The van der Waals surface area contributed by atoms with Crippen LogP contribution in [0.4, 0.5) is 10.1 Å². The van der Waals surface area contributed by atoms with Gasteiger partial charge in [-0.15, -0.1) is 0 Å². The first-order chi connectivity index (χ1) is 14.1. The van der Waals surface area contributed by atoms with Gasteiger partial charge in [-0.2, -0.15) is 0 Å². The zero-order valence-electron chi connectivity index (χ0n) is 15.3. The SMILES string of the molecule is O=C(COC(=O)COc1ccc(F)cc1)Nc1ccccc1Oc1ccccc1. The number of carbonyl (C=O) groups excluding carboxylic acids is 2. The van der Waals surface area contributed by atoms with Gasteiger partial charge < -0.3 is 19.5 Å². The van der Waals surface area contributed by atoms with Gasteiger partial charge in [0.2, 0.25) is 0 Å². The molecular formula is C22H18FNO5. The maximum absolute atomic E-state index is 12.8. The molecule has 148 valence electrons. The summed E-state index contributed by atoms with van der Waals surface area (Å²) in [6.07, 6.45) is 0. The van der Waals surface area contributed by atoms with E-state index in [2.05, 4.69) is 5.32 Å². The van der Waals surface area contributed by atoms with Gasteiger partial charge in [0.15, 0.2) is 19.0 Å². The van der Waals surface area contributed by atoms with Crippen LogP contribution in [0.2, 0.25) is 0 Å². The molecule has 0 aliphatic rings.